The monoisotopic (exact) mass is 347 g/mol. The molecule has 0 amide bonds. The first-order chi connectivity index (χ1) is 11.9. The minimum absolute atomic E-state index is 0.00913. The molecule has 3 aromatic rings. The first-order valence-corrected chi connectivity index (χ1v) is 7.71. The summed E-state index contributed by atoms with van der Waals surface area (Å²) in [6, 6.07) is 12.6. The predicted molar refractivity (Wildman–Crippen MR) is 88.0 cm³/mol. The van der Waals surface area contributed by atoms with Gasteiger partial charge in [-0.25, -0.2) is 0 Å². The molecule has 0 fully saturated rings. The second kappa shape index (κ2) is 6.58. The van der Waals surface area contributed by atoms with Crippen molar-refractivity contribution < 1.29 is 17.9 Å². The fourth-order valence-corrected chi connectivity index (χ4v) is 2.66. The summed E-state index contributed by atoms with van der Waals surface area (Å²) < 4.78 is 47.0. The molecule has 0 atom stereocenters. The van der Waals surface area contributed by atoms with Gasteiger partial charge in [-0.3, -0.25) is 0 Å². The van der Waals surface area contributed by atoms with Gasteiger partial charge < -0.3 is 9.30 Å². The fourth-order valence-electron chi connectivity index (χ4n) is 2.66. The normalized spacial score (nSPS) is 11.6. The Morgan fingerprint density at radius 3 is 2.12 bits per heavy atom. The number of hydrogen-bond acceptors (Lipinski definition) is 3. The Morgan fingerprint density at radius 1 is 0.920 bits per heavy atom. The number of rotatable bonds is 4. The number of para-hydroxylation sites is 1. The highest BCUT2D eigenvalue weighted by Crippen LogP contribution is 2.37. The SMILES string of the molecule is CCOc1ccccc1-c1nnc(-c2ccccc2C(F)(F)F)n1C. The minimum Gasteiger partial charge on any atom is -0.493 e. The van der Waals surface area contributed by atoms with Gasteiger partial charge in [0.25, 0.3) is 0 Å². The smallest absolute Gasteiger partial charge is 0.417 e. The van der Waals surface area contributed by atoms with Crippen LogP contribution in [0.1, 0.15) is 12.5 Å². The second-order valence-electron chi connectivity index (χ2n) is 5.38. The van der Waals surface area contributed by atoms with Crippen LogP contribution in [0.2, 0.25) is 0 Å². The Hall–Kier alpha value is -2.83. The van der Waals surface area contributed by atoms with E-state index >= 15 is 0 Å². The molecule has 7 heteroatoms. The lowest BCUT2D eigenvalue weighted by Gasteiger charge is -2.13. The number of nitrogens with zero attached hydrogens (tertiary/aromatic N) is 3. The molecule has 2 aromatic carbocycles. The molecular formula is C18H16F3N3O. The summed E-state index contributed by atoms with van der Waals surface area (Å²) in [5.41, 5.74) is -0.0737. The van der Waals surface area contributed by atoms with Crippen LogP contribution < -0.4 is 4.74 Å². The zero-order valence-corrected chi connectivity index (χ0v) is 13.7. The van der Waals surface area contributed by atoms with E-state index in [0.29, 0.717) is 23.7 Å². The van der Waals surface area contributed by atoms with Crippen molar-refractivity contribution in [2.24, 2.45) is 7.05 Å². The Morgan fingerprint density at radius 2 is 1.48 bits per heavy atom. The molecule has 0 N–H and O–H groups in total. The van der Waals surface area contributed by atoms with Crippen LogP contribution >= 0.6 is 0 Å². The Balaban J connectivity index is 2.13. The molecule has 3 rings (SSSR count). The maximum atomic E-state index is 13.3. The van der Waals surface area contributed by atoms with Gasteiger partial charge in [-0.1, -0.05) is 30.3 Å². The summed E-state index contributed by atoms with van der Waals surface area (Å²) in [5.74, 6) is 1.20. The minimum atomic E-state index is -4.47. The number of benzene rings is 2. The van der Waals surface area contributed by atoms with E-state index in [1.165, 1.54) is 12.1 Å². The molecule has 0 saturated heterocycles. The lowest BCUT2D eigenvalue weighted by molar-refractivity contribution is -0.137. The van der Waals surface area contributed by atoms with Gasteiger partial charge in [0.05, 0.1) is 17.7 Å². The summed E-state index contributed by atoms with van der Waals surface area (Å²) in [7, 11) is 1.64. The summed E-state index contributed by atoms with van der Waals surface area (Å²) >= 11 is 0. The van der Waals surface area contributed by atoms with Crippen LogP contribution in [-0.2, 0) is 13.2 Å². The molecule has 0 saturated carbocycles. The molecule has 0 bridgehead atoms. The highest BCUT2D eigenvalue weighted by atomic mass is 19.4. The second-order valence-corrected chi connectivity index (χ2v) is 5.38. The fraction of sp³-hybridized carbons (Fsp3) is 0.222. The molecule has 0 radical (unpaired) electrons. The van der Waals surface area contributed by atoms with Gasteiger partial charge in [0, 0.05) is 12.6 Å². The van der Waals surface area contributed by atoms with Gasteiger partial charge in [-0.2, -0.15) is 13.2 Å². The van der Waals surface area contributed by atoms with Crippen molar-refractivity contribution in [2.75, 3.05) is 6.61 Å². The number of halogens is 3. The zero-order chi connectivity index (χ0) is 18.0. The molecule has 25 heavy (non-hydrogen) atoms. The maximum absolute atomic E-state index is 13.3. The van der Waals surface area contributed by atoms with Gasteiger partial charge in [0.1, 0.15) is 5.75 Å². The summed E-state index contributed by atoms with van der Waals surface area (Å²) in [6.45, 7) is 2.33. The van der Waals surface area contributed by atoms with Crippen LogP contribution in [0.5, 0.6) is 5.75 Å². The Kier molecular flexibility index (Phi) is 4.48. The number of hydrogen-bond donors (Lipinski definition) is 0. The van der Waals surface area contributed by atoms with E-state index in [1.807, 2.05) is 19.1 Å². The highest BCUT2D eigenvalue weighted by molar-refractivity contribution is 5.69. The van der Waals surface area contributed by atoms with Crippen molar-refractivity contribution in [1.82, 2.24) is 14.8 Å². The molecule has 1 aromatic heterocycles. The van der Waals surface area contributed by atoms with Crippen molar-refractivity contribution >= 4 is 0 Å². The molecular weight excluding hydrogens is 331 g/mol. The summed E-state index contributed by atoms with van der Waals surface area (Å²) in [4.78, 5) is 0. The lowest BCUT2D eigenvalue weighted by atomic mass is 10.1. The van der Waals surface area contributed by atoms with Crippen molar-refractivity contribution in [3.05, 3.63) is 54.1 Å². The van der Waals surface area contributed by atoms with Gasteiger partial charge in [0.2, 0.25) is 0 Å². The van der Waals surface area contributed by atoms with Crippen LogP contribution in [0.15, 0.2) is 48.5 Å². The third-order valence-corrected chi connectivity index (χ3v) is 3.78. The maximum Gasteiger partial charge on any atom is 0.417 e. The van der Waals surface area contributed by atoms with Gasteiger partial charge in [0.15, 0.2) is 11.6 Å². The molecule has 0 aliphatic carbocycles. The van der Waals surface area contributed by atoms with E-state index in [9.17, 15) is 13.2 Å². The lowest BCUT2D eigenvalue weighted by Crippen LogP contribution is -2.08. The van der Waals surface area contributed by atoms with Crippen LogP contribution in [0.4, 0.5) is 13.2 Å². The quantitative estimate of drug-likeness (QED) is 0.694. The van der Waals surface area contributed by atoms with Crippen LogP contribution in [0.25, 0.3) is 22.8 Å². The molecule has 0 unspecified atom stereocenters. The molecule has 1 heterocycles. The van der Waals surface area contributed by atoms with Crippen molar-refractivity contribution in [2.45, 2.75) is 13.1 Å². The summed E-state index contributed by atoms with van der Waals surface area (Å²) in [5, 5.41) is 8.09. The van der Waals surface area contributed by atoms with E-state index in [-0.39, 0.29) is 11.4 Å². The average molecular weight is 347 g/mol. The van der Waals surface area contributed by atoms with E-state index < -0.39 is 11.7 Å². The van der Waals surface area contributed by atoms with Crippen LogP contribution in [0.3, 0.4) is 0 Å². The van der Waals surface area contributed by atoms with E-state index in [4.69, 9.17) is 4.74 Å². The number of aromatic nitrogens is 3. The zero-order valence-electron chi connectivity index (χ0n) is 13.7. The first kappa shape index (κ1) is 17.0. The third kappa shape index (κ3) is 3.22. The van der Waals surface area contributed by atoms with Crippen molar-refractivity contribution in [3.63, 3.8) is 0 Å². The molecule has 0 aliphatic heterocycles. The van der Waals surface area contributed by atoms with Crippen LogP contribution in [0, 0.1) is 0 Å². The van der Waals surface area contributed by atoms with Gasteiger partial charge in [-0.05, 0) is 25.1 Å². The predicted octanol–water partition coefficient (Wildman–Crippen LogP) is 4.57. The average Bonchev–Trinajstić information content (AvgIpc) is 2.96. The Bertz CT molecular complexity index is 887. The summed E-state index contributed by atoms with van der Waals surface area (Å²) in [6.07, 6.45) is -4.47. The van der Waals surface area contributed by atoms with Crippen molar-refractivity contribution in [1.29, 1.82) is 0 Å². The van der Waals surface area contributed by atoms with Gasteiger partial charge in [-0.15, -0.1) is 10.2 Å². The van der Waals surface area contributed by atoms with Crippen molar-refractivity contribution in [3.8, 4) is 28.5 Å². The standard InChI is InChI=1S/C18H16F3N3O/c1-3-25-15-11-7-5-9-13(15)17-23-22-16(24(17)2)12-8-4-6-10-14(12)18(19,20)21/h4-11H,3H2,1-2H3. The topological polar surface area (TPSA) is 39.9 Å². The molecule has 0 spiro atoms. The number of alkyl halides is 3. The van der Waals surface area contributed by atoms with Gasteiger partial charge >= 0.3 is 6.18 Å². The molecule has 130 valence electrons. The van der Waals surface area contributed by atoms with Crippen LogP contribution in [-0.4, -0.2) is 21.4 Å². The third-order valence-electron chi connectivity index (χ3n) is 3.78. The molecule has 4 nitrogen and oxygen atoms in total. The van der Waals surface area contributed by atoms with E-state index in [1.54, 1.807) is 29.8 Å². The number of ether oxygens (including phenoxy) is 1. The first-order valence-electron chi connectivity index (χ1n) is 7.71. The Labute approximate surface area is 142 Å². The van der Waals surface area contributed by atoms with E-state index in [0.717, 1.165) is 6.07 Å². The molecule has 0 aliphatic rings. The van der Waals surface area contributed by atoms with E-state index in [2.05, 4.69) is 10.2 Å². The highest BCUT2D eigenvalue weighted by Gasteiger charge is 2.34. The largest absolute Gasteiger partial charge is 0.493 e.